The summed E-state index contributed by atoms with van der Waals surface area (Å²) in [6.07, 6.45) is 10.4. The average molecular weight is 240 g/mol. The van der Waals surface area contributed by atoms with Crippen molar-refractivity contribution in [2.45, 2.75) is 63.9 Å². The first-order valence-corrected chi connectivity index (χ1v) is 7.12. The number of rotatable bonds is 4. The molecule has 3 unspecified atom stereocenters. The number of carbonyl (C=O) groups is 1. The van der Waals surface area contributed by atoms with Gasteiger partial charge in [0.15, 0.2) is 0 Å². The molecule has 0 amide bonds. The van der Waals surface area contributed by atoms with E-state index in [9.17, 15) is 9.90 Å². The van der Waals surface area contributed by atoms with E-state index in [0.717, 1.165) is 38.7 Å². The van der Waals surface area contributed by atoms with Crippen LogP contribution in [-0.4, -0.2) is 23.8 Å². The number of ether oxygens (including phenoxy) is 1. The molecule has 3 atom stereocenters. The summed E-state index contributed by atoms with van der Waals surface area (Å²) < 4.78 is 5.62. The second kappa shape index (κ2) is 6.39. The standard InChI is InChI=1S/C14H24O3/c15-14(16)13-7-3-1-2-5-11(13)8-9-12-6-4-10-17-12/h11-13H,1-10H2,(H,15,16). The number of carboxylic acids is 1. The minimum atomic E-state index is -0.579. The van der Waals surface area contributed by atoms with Gasteiger partial charge in [-0.05, 0) is 44.4 Å². The smallest absolute Gasteiger partial charge is 0.306 e. The maximum atomic E-state index is 11.3. The van der Waals surface area contributed by atoms with Gasteiger partial charge in [0.25, 0.3) is 0 Å². The molecule has 0 spiro atoms. The Labute approximate surface area is 104 Å². The van der Waals surface area contributed by atoms with Crippen LogP contribution in [0.15, 0.2) is 0 Å². The highest BCUT2D eigenvalue weighted by Crippen LogP contribution is 2.33. The van der Waals surface area contributed by atoms with Gasteiger partial charge in [-0.1, -0.05) is 19.3 Å². The molecule has 2 aliphatic rings. The maximum absolute atomic E-state index is 11.3. The molecule has 1 N–H and O–H groups in total. The monoisotopic (exact) mass is 240 g/mol. The largest absolute Gasteiger partial charge is 0.481 e. The highest BCUT2D eigenvalue weighted by atomic mass is 16.5. The molecule has 0 aromatic heterocycles. The van der Waals surface area contributed by atoms with Crippen molar-refractivity contribution in [1.82, 2.24) is 0 Å². The summed E-state index contributed by atoms with van der Waals surface area (Å²) in [5, 5.41) is 9.29. The van der Waals surface area contributed by atoms with Crippen molar-refractivity contribution >= 4 is 5.97 Å². The van der Waals surface area contributed by atoms with E-state index >= 15 is 0 Å². The quantitative estimate of drug-likeness (QED) is 0.767. The Kier molecular flexibility index (Phi) is 4.84. The van der Waals surface area contributed by atoms with E-state index in [2.05, 4.69) is 0 Å². The van der Waals surface area contributed by atoms with Crippen molar-refractivity contribution in [3.05, 3.63) is 0 Å². The molecule has 1 aliphatic carbocycles. The molecule has 0 radical (unpaired) electrons. The van der Waals surface area contributed by atoms with Crippen LogP contribution in [0, 0.1) is 11.8 Å². The van der Waals surface area contributed by atoms with Gasteiger partial charge in [0, 0.05) is 6.61 Å². The zero-order chi connectivity index (χ0) is 12.1. The Morgan fingerprint density at radius 3 is 2.59 bits per heavy atom. The molecular formula is C14H24O3. The molecule has 1 saturated heterocycles. The van der Waals surface area contributed by atoms with E-state index < -0.39 is 5.97 Å². The van der Waals surface area contributed by atoms with Gasteiger partial charge in [-0.25, -0.2) is 0 Å². The van der Waals surface area contributed by atoms with Crippen molar-refractivity contribution in [3.8, 4) is 0 Å². The lowest BCUT2D eigenvalue weighted by molar-refractivity contribution is -0.144. The van der Waals surface area contributed by atoms with Crippen LogP contribution < -0.4 is 0 Å². The molecule has 0 aromatic carbocycles. The van der Waals surface area contributed by atoms with Crippen LogP contribution in [0.3, 0.4) is 0 Å². The van der Waals surface area contributed by atoms with Crippen molar-refractivity contribution in [3.63, 3.8) is 0 Å². The van der Waals surface area contributed by atoms with Crippen LogP contribution in [0.4, 0.5) is 0 Å². The topological polar surface area (TPSA) is 46.5 Å². The van der Waals surface area contributed by atoms with Crippen molar-refractivity contribution in [2.75, 3.05) is 6.61 Å². The lowest BCUT2D eigenvalue weighted by Gasteiger charge is -2.22. The molecule has 17 heavy (non-hydrogen) atoms. The van der Waals surface area contributed by atoms with E-state index in [0.29, 0.717) is 12.0 Å². The van der Waals surface area contributed by atoms with E-state index in [4.69, 9.17) is 4.74 Å². The molecule has 98 valence electrons. The Morgan fingerprint density at radius 2 is 1.88 bits per heavy atom. The fourth-order valence-corrected chi connectivity index (χ4v) is 3.33. The third kappa shape index (κ3) is 3.70. The second-order valence-corrected chi connectivity index (χ2v) is 5.56. The average Bonchev–Trinajstić information content (AvgIpc) is 2.70. The zero-order valence-electron chi connectivity index (χ0n) is 10.6. The Morgan fingerprint density at radius 1 is 1.06 bits per heavy atom. The minimum absolute atomic E-state index is 0.0982. The summed E-state index contributed by atoms with van der Waals surface area (Å²) in [4.78, 5) is 11.3. The second-order valence-electron chi connectivity index (χ2n) is 5.56. The van der Waals surface area contributed by atoms with Crippen LogP contribution in [0.5, 0.6) is 0 Å². The minimum Gasteiger partial charge on any atom is -0.481 e. The van der Waals surface area contributed by atoms with Crippen LogP contribution in [0.25, 0.3) is 0 Å². The molecule has 0 bridgehead atoms. The molecule has 1 heterocycles. The molecular weight excluding hydrogens is 216 g/mol. The number of carboxylic acid groups (broad SMARTS) is 1. The molecule has 3 nitrogen and oxygen atoms in total. The molecule has 2 rings (SSSR count). The van der Waals surface area contributed by atoms with Crippen molar-refractivity contribution < 1.29 is 14.6 Å². The fourth-order valence-electron chi connectivity index (χ4n) is 3.33. The third-order valence-corrected chi connectivity index (χ3v) is 4.36. The lowest BCUT2D eigenvalue weighted by Crippen LogP contribution is -2.23. The summed E-state index contributed by atoms with van der Waals surface area (Å²) in [5.41, 5.74) is 0. The zero-order valence-corrected chi connectivity index (χ0v) is 10.6. The normalized spacial score (nSPS) is 34.5. The first-order chi connectivity index (χ1) is 8.27. The molecule has 2 fully saturated rings. The SMILES string of the molecule is O=C(O)C1CCCCCC1CCC1CCCO1. The molecule has 1 saturated carbocycles. The highest BCUT2D eigenvalue weighted by Gasteiger charge is 2.30. The number of hydrogen-bond donors (Lipinski definition) is 1. The number of hydrogen-bond acceptors (Lipinski definition) is 2. The van der Waals surface area contributed by atoms with Crippen LogP contribution in [0.1, 0.15) is 57.8 Å². The summed E-state index contributed by atoms with van der Waals surface area (Å²) in [5.74, 6) is -0.289. The van der Waals surface area contributed by atoms with Gasteiger partial charge >= 0.3 is 5.97 Å². The highest BCUT2D eigenvalue weighted by molar-refractivity contribution is 5.70. The predicted octanol–water partition coefficient (Wildman–Crippen LogP) is 3.23. The third-order valence-electron chi connectivity index (χ3n) is 4.36. The summed E-state index contributed by atoms with van der Waals surface area (Å²) in [7, 11) is 0. The van der Waals surface area contributed by atoms with Gasteiger partial charge in [0.2, 0.25) is 0 Å². The van der Waals surface area contributed by atoms with E-state index in [1.165, 1.54) is 25.7 Å². The van der Waals surface area contributed by atoms with Gasteiger partial charge in [0.1, 0.15) is 0 Å². The Hall–Kier alpha value is -0.570. The van der Waals surface area contributed by atoms with Gasteiger partial charge in [-0.3, -0.25) is 4.79 Å². The molecule has 0 aromatic rings. The van der Waals surface area contributed by atoms with Crippen LogP contribution >= 0.6 is 0 Å². The lowest BCUT2D eigenvalue weighted by atomic mass is 9.84. The fraction of sp³-hybridized carbons (Fsp3) is 0.929. The van der Waals surface area contributed by atoms with E-state index in [1.54, 1.807) is 0 Å². The first-order valence-electron chi connectivity index (χ1n) is 7.12. The van der Waals surface area contributed by atoms with Crippen LogP contribution in [0.2, 0.25) is 0 Å². The Bertz CT molecular complexity index is 246. The Balaban J connectivity index is 1.83. The molecule has 3 heteroatoms. The molecule has 1 aliphatic heterocycles. The predicted molar refractivity (Wildman–Crippen MR) is 65.9 cm³/mol. The summed E-state index contributed by atoms with van der Waals surface area (Å²) in [6, 6.07) is 0. The van der Waals surface area contributed by atoms with Crippen molar-refractivity contribution in [2.24, 2.45) is 11.8 Å². The van der Waals surface area contributed by atoms with Gasteiger partial charge < -0.3 is 9.84 Å². The van der Waals surface area contributed by atoms with E-state index in [1.807, 2.05) is 0 Å². The van der Waals surface area contributed by atoms with Gasteiger partial charge in [0.05, 0.1) is 12.0 Å². The summed E-state index contributed by atoms with van der Waals surface area (Å²) >= 11 is 0. The number of aliphatic carboxylic acids is 1. The first kappa shape index (κ1) is 12.9. The summed E-state index contributed by atoms with van der Waals surface area (Å²) in [6.45, 7) is 0.900. The van der Waals surface area contributed by atoms with Gasteiger partial charge in [-0.2, -0.15) is 0 Å². The van der Waals surface area contributed by atoms with Gasteiger partial charge in [-0.15, -0.1) is 0 Å². The van der Waals surface area contributed by atoms with E-state index in [-0.39, 0.29) is 5.92 Å². The van der Waals surface area contributed by atoms with Crippen molar-refractivity contribution in [1.29, 1.82) is 0 Å². The maximum Gasteiger partial charge on any atom is 0.306 e. The van der Waals surface area contributed by atoms with Crippen LogP contribution in [-0.2, 0) is 9.53 Å².